The van der Waals surface area contributed by atoms with Crippen LogP contribution in [0.2, 0.25) is 0 Å². The lowest BCUT2D eigenvalue weighted by Gasteiger charge is -2.19. The van der Waals surface area contributed by atoms with Gasteiger partial charge in [0.2, 0.25) is 5.88 Å². The number of furan rings is 2. The molecule has 0 unspecified atom stereocenters. The monoisotopic (exact) mass is 525 g/mol. The number of benzene rings is 2. The van der Waals surface area contributed by atoms with E-state index in [1.807, 2.05) is 30.9 Å². The molecule has 6 rings (SSSR count). The third-order valence-corrected chi connectivity index (χ3v) is 7.32. The van der Waals surface area contributed by atoms with Gasteiger partial charge in [-0.1, -0.05) is 30.3 Å². The Hall–Kier alpha value is -4.24. The zero-order chi connectivity index (χ0) is 26.2. The smallest absolute Gasteiger partial charge is 0.276 e. The van der Waals surface area contributed by atoms with Crippen LogP contribution < -0.4 is 4.90 Å². The summed E-state index contributed by atoms with van der Waals surface area (Å²) in [5, 5.41) is 9.18. The van der Waals surface area contributed by atoms with Gasteiger partial charge >= 0.3 is 0 Å². The number of rotatable bonds is 7. The molecular weight excluding hydrogens is 498 g/mol. The highest BCUT2D eigenvalue weighted by Gasteiger charge is 2.36. The third kappa shape index (κ3) is 4.39. The van der Waals surface area contributed by atoms with E-state index in [1.54, 1.807) is 23.1 Å². The minimum absolute atomic E-state index is 0.126. The van der Waals surface area contributed by atoms with Crippen LogP contribution in [0.15, 0.2) is 85.4 Å². The van der Waals surface area contributed by atoms with Crippen LogP contribution in [0.5, 0.6) is 0 Å². The van der Waals surface area contributed by atoms with Crippen molar-refractivity contribution in [3.63, 3.8) is 0 Å². The Morgan fingerprint density at radius 3 is 2.50 bits per heavy atom. The Morgan fingerprint density at radius 1 is 0.947 bits per heavy atom. The largest absolute Gasteiger partial charge is 0.453 e. The van der Waals surface area contributed by atoms with Crippen LogP contribution in [-0.2, 0) is 17.8 Å². The lowest BCUT2D eigenvalue weighted by atomic mass is 10.1. The van der Waals surface area contributed by atoms with Gasteiger partial charge in [-0.3, -0.25) is 9.69 Å². The van der Waals surface area contributed by atoms with E-state index in [-0.39, 0.29) is 5.91 Å². The highest BCUT2D eigenvalue weighted by Crippen LogP contribution is 2.35. The maximum Gasteiger partial charge on any atom is 0.276 e. The van der Waals surface area contributed by atoms with Gasteiger partial charge in [0.15, 0.2) is 16.3 Å². The second-order valence-corrected chi connectivity index (χ2v) is 9.60. The van der Waals surface area contributed by atoms with Crippen LogP contribution in [0.1, 0.15) is 30.7 Å². The summed E-state index contributed by atoms with van der Waals surface area (Å²) in [6.45, 7) is 6.87. The van der Waals surface area contributed by atoms with Crippen LogP contribution in [0.25, 0.3) is 17.2 Å². The van der Waals surface area contributed by atoms with Crippen molar-refractivity contribution in [3.05, 3.63) is 83.2 Å². The molecule has 0 bridgehead atoms. The van der Waals surface area contributed by atoms with Gasteiger partial charge in [0.25, 0.3) is 5.91 Å². The van der Waals surface area contributed by atoms with Crippen LogP contribution >= 0.6 is 12.2 Å². The summed E-state index contributed by atoms with van der Waals surface area (Å²) < 4.78 is 11.7. The summed E-state index contributed by atoms with van der Waals surface area (Å²) in [7, 11) is 0. The number of likely N-dealkylation sites (N-methyl/N-ethyl adjacent to an activating group) is 2. The molecule has 0 aliphatic carbocycles. The lowest BCUT2D eigenvalue weighted by molar-refractivity contribution is -0.122. The molecule has 2 aromatic heterocycles. The Labute approximate surface area is 225 Å². The molecule has 0 spiro atoms. The summed E-state index contributed by atoms with van der Waals surface area (Å²) in [4.78, 5) is 18.5. The van der Waals surface area contributed by atoms with Crippen LogP contribution in [-0.4, -0.2) is 40.5 Å². The van der Waals surface area contributed by atoms with Crippen molar-refractivity contribution >= 4 is 57.7 Å². The van der Waals surface area contributed by atoms with Crippen molar-refractivity contribution in [1.29, 1.82) is 0 Å². The SMILES string of the molecule is CCN1C(=O)/C(=C\c2cc3oc(N=Nc4ccc5c(c4)CCN5Cc4ccccc4)cc3o2)N(CC)C1=S. The second kappa shape index (κ2) is 9.90. The van der Waals surface area contributed by atoms with Gasteiger partial charge in [-0.05, 0) is 61.8 Å². The second-order valence-electron chi connectivity index (χ2n) is 9.24. The maximum atomic E-state index is 12.8. The van der Waals surface area contributed by atoms with E-state index in [4.69, 9.17) is 21.1 Å². The lowest BCUT2D eigenvalue weighted by Crippen LogP contribution is -2.32. The summed E-state index contributed by atoms with van der Waals surface area (Å²) in [6.07, 6.45) is 2.69. The molecule has 192 valence electrons. The molecule has 4 aromatic rings. The molecule has 9 heteroatoms. The number of amides is 1. The zero-order valence-electron chi connectivity index (χ0n) is 21.3. The fraction of sp³-hybridized carbons (Fsp3) is 0.241. The van der Waals surface area contributed by atoms with Crippen LogP contribution in [0.3, 0.4) is 0 Å². The molecule has 8 nitrogen and oxygen atoms in total. The Morgan fingerprint density at radius 2 is 1.74 bits per heavy atom. The van der Waals surface area contributed by atoms with Gasteiger partial charge in [0.05, 0.1) is 5.69 Å². The minimum atomic E-state index is -0.126. The molecule has 1 fully saturated rings. The molecule has 0 N–H and O–H groups in total. The topological polar surface area (TPSA) is 77.8 Å². The Bertz CT molecular complexity index is 1550. The molecule has 38 heavy (non-hydrogen) atoms. The predicted molar refractivity (Wildman–Crippen MR) is 151 cm³/mol. The molecule has 1 amide bonds. The van der Waals surface area contributed by atoms with Gasteiger partial charge in [-0.2, -0.15) is 0 Å². The normalized spacial score (nSPS) is 16.7. The standard InChI is InChI=1S/C29H27N5O3S/c1-3-33-24(28(35)34(4-2)29(33)38)15-22-16-25-26(36-22)17-27(37-25)31-30-21-10-11-23-20(14-21)12-13-32(23)18-19-8-6-5-7-9-19/h5-11,14-17H,3-4,12-13,18H2,1-2H3/b24-15+,31-30?. The average molecular weight is 526 g/mol. The van der Waals surface area contributed by atoms with E-state index < -0.39 is 0 Å². The summed E-state index contributed by atoms with van der Waals surface area (Å²) >= 11 is 5.44. The number of thiocarbonyl (C=S) groups is 1. The summed E-state index contributed by atoms with van der Waals surface area (Å²) in [6, 6.07) is 20.1. The van der Waals surface area contributed by atoms with Gasteiger partial charge in [0.1, 0.15) is 11.5 Å². The molecule has 0 saturated carbocycles. The highest BCUT2D eigenvalue weighted by atomic mass is 32.1. The first kappa shape index (κ1) is 24.1. The van der Waals surface area contributed by atoms with E-state index >= 15 is 0 Å². The van der Waals surface area contributed by atoms with Gasteiger partial charge < -0.3 is 18.6 Å². The number of hydrogen-bond acceptors (Lipinski definition) is 7. The molecule has 0 atom stereocenters. The molecule has 4 heterocycles. The molecule has 1 saturated heterocycles. The fourth-order valence-electron chi connectivity index (χ4n) is 5.00. The van der Waals surface area contributed by atoms with E-state index in [0.29, 0.717) is 46.7 Å². The van der Waals surface area contributed by atoms with Crippen LogP contribution in [0, 0.1) is 0 Å². The number of anilines is 1. The number of nitrogens with zero attached hydrogens (tertiary/aromatic N) is 5. The Kier molecular flexibility index (Phi) is 6.29. The van der Waals surface area contributed by atoms with Crippen molar-refractivity contribution in [2.24, 2.45) is 10.2 Å². The van der Waals surface area contributed by atoms with Crippen molar-refractivity contribution in [3.8, 4) is 0 Å². The third-order valence-electron chi connectivity index (χ3n) is 6.88. The summed E-state index contributed by atoms with van der Waals surface area (Å²) in [5.74, 6) is 0.748. The van der Waals surface area contributed by atoms with Crippen molar-refractivity contribution in [1.82, 2.24) is 9.80 Å². The highest BCUT2D eigenvalue weighted by molar-refractivity contribution is 7.80. The maximum absolute atomic E-state index is 12.8. The number of hydrogen-bond donors (Lipinski definition) is 0. The van der Waals surface area contributed by atoms with Gasteiger partial charge in [-0.15, -0.1) is 10.2 Å². The molecule has 2 aromatic carbocycles. The van der Waals surface area contributed by atoms with E-state index in [0.717, 1.165) is 25.2 Å². The molecular formula is C29H27N5O3S. The molecule has 0 radical (unpaired) electrons. The van der Waals surface area contributed by atoms with Crippen molar-refractivity contribution in [2.75, 3.05) is 24.5 Å². The van der Waals surface area contributed by atoms with E-state index in [2.05, 4.69) is 51.5 Å². The van der Waals surface area contributed by atoms with Crippen molar-refractivity contribution in [2.45, 2.75) is 26.8 Å². The number of carbonyl (C=O) groups excluding carboxylic acids is 1. The van der Waals surface area contributed by atoms with Crippen molar-refractivity contribution < 1.29 is 13.6 Å². The molecule has 2 aliphatic rings. The predicted octanol–water partition coefficient (Wildman–Crippen LogP) is 6.81. The van der Waals surface area contributed by atoms with Gasteiger partial charge in [0, 0.05) is 50.1 Å². The zero-order valence-corrected chi connectivity index (χ0v) is 22.1. The Balaban J connectivity index is 1.17. The minimum Gasteiger partial charge on any atom is -0.453 e. The molecule has 2 aliphatic heterocycles. The number of carbonyl (C=O) groups is 1. The fourth-order valence-corrected chi connectivity index (χ4v) is 5.44. The van der Waals surface area contributed by atoms with Crippen LogP contribution in [0.4, 0.5) is 17.3 Å². The first-order valence-corrected chi connectivity index (χ1v) is 13.2. The first-order chi connectivity index (χ1) is 18.5. The number of azo groups is 1. The summed E-state index contributed by atoms with van der Waals surface area (Å²) in [5.41, 5.74) is 6.17. The number of fused-ring (bicyclic) bond motifs is 2. The van der Waals surface area contributed by atoms with E-state index in [9.17, 15) is 4.79 Å². The van der Waals surface area contributed by atoms with Gasteiger partial charge in [-0.25, -0.2) is 0 Å². The van der Waals surface area contributed by atoms with E-state index in [1.165, 1.54) is 16.8 Å². The average Bonchev–Trinajstić information content (AvgIpc) is 3.65. The quantitative estimate of drug-likeness (QED) is 0.150. The first-order valence-electron chi connectivity index (χ1n) is 12.8.